The molecule has 1 aromatic rings. The average molecular weight is 285 g/mol. The molecule has 7 heteroatoms. The van der Waals surface area contributed by atoms with Crippen molar-refractivity contribution >= 4 is 17.7 Å². The van der Waals surface area contributed by atoms with Crippen LogP contribution in [0.15, 0.2) is 12.3 Å². The molecule has 0 saturated carbocycles. The number of aromatic nitrogens is 1. The summed E-state index contributed by atoms with van der Waals surface area (Å²) >= 11 is 5.98. The highest BCUT2D eigenvalue weighted by molar-refractivity contribution is 6.30. The molecule has 102 valence electrons. The summed E-state index contributed by atoms with van der Waals surface area (Å²) in [6.07, 6.45) is -0.115. The Bertz CT molecular complexity index is 553. The lowest BCUT2D eigenvalue weighted by Crippen LogP contribution is -2.35. The summed E-state index contributed by atoms with van der Waals surface area (Å²) in [6, 6.07) is 1.55. The van der Waals surface area contributed by atoms with Gasteiger partial charge in [0.1, 0.15) is 10.8 Å². The van der Waals surface area contributed by atoms with Gasteiger partial charge in [0, 0.05) is 18.7 Å². The second kappa shape index (κ2) is 4.06. The van der Waals surface area contributed by atoms with E-state index in [0.29, 0.717) is 12.0 Å². The van der Waals surface area contributed by atoms with Crippen molar-refractivity contribution in [1.29, 1.82) is 0 Å². The lowest BCUT2D eigenvalue weighted by molar-refractivity contribution is -0.167. The van der Waals surface area contributed by atoms with Crippen LogP contribution in [0.3, 0.4) is 0 Å². The smallest absolute Gasteiger partial charge is 0.407 e. The van der Waals surface area contributed by atoms with E-state index >= 15 is 0 Å². The zero-order valence-corrected chi connectivity index (χ0v) is 11.0. The van der Waals surface area contributed by atoms with Gasteiger partial charge in [-0.25, -0.2) is 9.78 Å². The van der Waals surface area contributed by atoms with E-state index in [1.54, 1.807) is 12.3 Å². The number of carbonyl (C=O) groups is 1. The van der Waals surface area contributed by atoms with Gasteiger partial charge in [-0.2, -0.15) is 0 Å². The Balaban J connectivity index is 2.06. The van der Waals surface area contributed by atoms with Gasteiger partial charge < -0.3 is 19.8 Å². The molecule has 0 aromatic carbocycles. The number of aliphatic hydroxyl groups excluding tert-OH is 1. The van der Waals surface area contributed by atoms with Gasteiger partial charge in [0.2, 0.25) is 0 Å². The number of fused-ring (bicyclic) bond motifs is 2. The van der Waals surface area contributed by atoms with Crippen molar-refractivity contribution in [2.45, 2.75) is 31.3 Å². The molecule has 2 aliphatic heterocycles. The van der Waals surface area contributed by atoms with Crippen LogP contribution in [0.25, 0.3) is 0 Å². The zero-order chi connectivity index (χ0) is 13.8. The van der Waals surface area contributed by atoms with E-state index in [1.165, 1.54) is 4.90 Å². The van der Waals surface area contributed by atoms with Crippen molar-refractivity contribution < 1.29 is 19.7 Å². The molecule has 2 aliphatic rings. The highest BCUT2D eigenvalue weighted by Gasteiger charge is 2.53. The first-order valence-corrected chi connectivity index (χ1v) is 6.33. The van der Waals surface area contributed by atoms with Crippen LogP contribution < -0.4 is 0 Å². The minimum absolute atomic E-state index is 0.178. The highest BCUT2D eigenvalue weighted by Crippen LogP contribution is 2.50. The Morgan fingerprint density at radius 1 is 1.68 bits per heavy atom. The number of hydrogen-bond acceptors (Lipinski definition) is 4. The second-order valence-electron chi connectivity index (χ2n) is 4.99. The van der Waals surface area contributed by atoms with E-state index in [0.717, 1.165) is 5.56 Å². The molecule has 1 fully saturated rings. The topological polar surface area (TPSA) is 82.9 Å². The summed E-state index contributed by atoms with van der Waals surface area (Å²) in [5.41, 5.74) is 0.360. The van der Waals surface area contributed by atoms with Gasteiger partial charge in [-0.1, -0.05) is 11.6 Å². The summed E-state index contributed by atoms with van der Waals surface area (Å²) in [5, 5.41) is 19.3. The lowest BCUT2D eigenvalue weighted by Gasteiger charge is -2.23. The monoisotopic (exact) mass is 284 g/mol. The molecular formula is C12H13ClN2O4. The first-order valence-electron chi connectivity index (χ1n) is 5.95. The molecule has 3 atom stereocenters. The summed E-state index contributed by atoms with van der Waals surface area (Å²) in [4.78, 5) is 16.4. The van der Waals surface area contributed by atoms with Crippen molar-refractivity contribution in [2.75, 3.05) is 6.54 Å². The van der Waals surface area contributed by atoms with Gasteiger partial charge in [-0.05, 0) is 18.6 Å². The van der Waals surface area contributed by atoms with Crippen LogP contribution >= 0.6 is 11.6 Å². The maximum Gasteiger partial charge on any atom is 0.407 e. The second-order valence-corrected chi connectivity index (χ2v) is 5.35. The largest absolute Gasteiger partial charge is 0.465 e. The Morgan fingerprint density at radius 3 is 3.05 bits per heavy atom. The van der Waals surface area contributed by atoms with Crippen molar-refractivity contribution in [3.8, 4) is 0 Å². The van der Waals surface area contributed by atoms with Crippen LogP contribution in [0.1, 0.15) is 30.8 Å². The number of pyridine rings is 1. The minimum Gasteiger partial charge on any atom is -0.465 e. The molecule has 2 unspecified atom stereocenters. The van der Waals surface area contributed by atoms with E-state index in [9.17, 15) is 9.90 Å². The summed E-state index contributed by atoms with van der Waals surface area (Å²) < 4.78 is 5.64. The number of likely N-dealkylation sites (tertiary alicyclic amines) is 1. The summed E-state index contributed by atoms with van der Waals surface area (Å²) in [7, 11) is 0. The minimum atomic E-state index is -1.16. The standard InChI is InChI=1S/C12H13ClN2O4/c1-6-4-12(5-15(6)11(17)18)7-2-3-14-9(13)8(7)10(16)19-12/h2-3,6,10,16H,4-5H2,1H3,(H,17,18)/t6-,10?,12?/m0/s1. The number of aliphatic hydroxyl groups is 1. The Morgan fingerprint density at radius 2 is 2.42 bits per heavy atom. The molecule has 0 radical (unpaired) electrons. The lowest BCUT2D eigenvalue weighted by atomic mass is 9.91. The van der Waals surface area contributed by atoms with Crippen molar-refractivity contribution in [3.05, 3.63) is 28.5 Å². The molecule has 2 N–H and O–H groups in total. The van der Waals surface area contributed by atoms with E-state index in [-0.39, 0.29) is 17.7 Å². The molecule has 0 aliphatic carbocycles. The fourth-order valence-electron chi connectivity index (χ4n) is 3.04. The zero-order valence-electron chi connectivity index (χ0n) is 10.2. The molecule has 6 nitrogen and oxygen atoms in total. The summed E-state index contributed by atoms with van der Waals surface area (Å²) in [5.74, 6) is 0. The first-order chi connectivity index (χ1) is 8.94. The predicted octanol–water partition coefficient (Wildman–Crippen LogP) is 1.72. The number of halogens is 1. The Labute approximate surface area is 114 Å². The van der Waals surface area contributed by atoms with Crippen LogP contribution in [0.4, 0.5) is 4.79 Å². The van der Waals surface area contributed by atoms with E-state index in [4.69, 9.17) is 21.4 Å². The number of carboxylic acid groups (broad SMARTS) is 1. The fraction of sp³-hybridized carbons (Fsp3) is 0.500. The van der Waals surface area contributed by atoms with Gasteiger partial charge in [0.05, 0.1) is 12.1 Å². The number of nitrogens with zero attached hydrogens (tertiary/aromatic N) is 2. The van der Waals surface area contributed by atoms with Gasteiger partial charge in [-0.15, -0.1) is 0 Å². The van der Waals surface area contributed by atoms with E-state index in [2.05, 4.69) is 4.98 Å². The van der Waals surface area contributed by atoms with Gasteiger partial charge in [-0.3, -0.25) is 0 Å². The normalized spacial score (nSPS) is 32.9. The van der Waals surface area contributed by atoms with Crippen LogP contribution in [-0.2, 0) is 10.3 Å². The van der Waals surface area contributed by atoms with Crippen molar-refractivity contribution in [3.63, 3.8) is 0 Å². The van der Waals surface area contributed by atoms with Crippen LogP contribution in [0.5, 0.6) is 0 Å². The number of hydrogen-bond donors (Lipinski definition) is 2. The predicted molar refractivity (Wildman–Crippen MR) is 65.8 cm³/mol. The summed E-state index contributed by atoms with van der Waals surface area (Å²) in [6.45, 7) is 2.01. The number of amides is 1. The Hall–Kier alpha value is -1.37. The van der Waals surface area contributed by atoms with Gasteiger partial charge in [0.25, 0.3) is 0 Å². The van der Waals surface area contributed by atoms with Gasteiger partial charge >= 0.3 is 6.09 Å². The van der Waals surface area contributed by atoms with Crippen molar-refractivity contribution in [2.24, 2.45) is 0 Å². The molecule has 3 rings (SSSR count). The third kappa shape index (κ3) is 1.71. The molecule has 1 amide bonds. The average Bonchev–Trinajstić information content (AvgIpc) is 2.79. The van der Waals surface area contributed by atoms with Gasteiger partial charge in [0.15, 0.2) is 6.29 Å². The molecule has 1 spiro atoms. The van der Waals surface area contributed by atoms with Crippen LogP contribution in [0.2, 0.25) is 5.15 Å². The molecule has 0 bridgehead atoms. The number of ether oxygens (including phenoxy) is 1. The van der Waals surface area contributed by atoms with E-state index < -0.39 is 18.0 Å². The maximum atomic E-state index is 11.2. The molecule has 1 saturated heterocycles. The first kappa shape index (κ1) is 12.7. The number of rotatable bonds is 0. The van der Waals surface area contributed by atoms with Crippen LogP contribution in [0, 0.1) is 0 Å². The molecule has 1 aromatic heterocycles. The molecule has 3 heterocycles. The fourth-order valence-corrected chi connectivity index (χ4v) is 3.29. The Kier molecular flexibility index (Phi) is 2.70. The van der Waals surface area contributed by atoms with E-state index in [1.807, 2.05) is 6.92 Å². The molecule has 19 heavy (non-hydrogen) atoms. The third-order valence-corrected chi connectivity index (χ3v) is 4.15. The highest BCUT2D eigenvalue weighted by atomic mass is 35.5. The quantitative estimate of drug-likeness (QED) is 0.709. The maximum absolute atomic E-state index is 11.2. The molecular weight excluding hydrogens is 272 g/mol. The SMILES string of the molecule is C[C@H]1CC2(CN1C(=O)O)OC(O)c1c2ccnc1Cl. The van der Waals surface area contributed by atoms with Crippen LogP contribution in [-0.4, -0.2) is 38.8 Å². The van der Waals surface area contributed by atoms with Crippen molar-refractivity contribution in [1.82, 2.24) is 9.88 Å². The third-order valence-electron chi connectivity index (χ3n) is 3.85.